The first-order chi connectivity index (χ1) is 6.33. The zero-order chi connectivity index (χ0) is 9.26. The largest absolute Gasteiger partial charge is 0.381 e. The summed E-state index contributed by atoms with van der Waals surface area (Å²) in [7, 11) is 1.85. The van der Waals surface area contributed by atoms with Crippen molar-refractivity contribution >= 4 is 0 Å². The maximum absolute atomic E-state index is 6.12. The molecular formula is C11H21NO. The van der Waals surface area contributed by atoms with Gasteiger partial charge in [0.1, 0.15) is 0 Å². The quantitative estimate of drug-likeness (QED) is 0.710. The van der Waals surface area contributed by atoms with Crippen molar-refractivity contribution in [2.24, 2.45) is 17.6 Å². The molecule has 0 heterocycles. The van der Waals surface area contributed by atoms with Crippen molar-refractivity contribution < 1.29 is 4.74 Å². The molecule has 0 aromatic carbocycles. The molecule has 2 heteroatoms. The van der Waals surface area contributed by atoms with E-state index in [2.05, 4.69) is 0 Å². The summed E-state index contributed by atoms with van der Waals surface area (Å²) in [5, 5.41) is 0. The zero-order valence-corrected chi connectivity index (χ0v) is 8.54. The molecule has 2 aliphatic carbocycles. The average Bonchev–Trinajstić information content (AvgIpc) is 2.71. The molecule has 0 aliphatic heterocycles. The molecule has 2 nitrogen and oxygen atoms in total. The van der Waals surface area contributed by atoms with Gasteiger partial charge in [0.15, 0.2) is 0 Å². The van der Waals surface area contributed by atoms with Crippen LogP contribution >= 0.6 is 0 Å². The molecule has 0 amide bonds. The third-order valence-corrected chi connectivity index (χ3v) is 3.98. The van der Waals surface area contributed by atoms with Gasteiger partial charge in [0.25, 0.3) is 0 Å². The number of nitrogens with two attached hydrogens (primary N) is 1. The van der Waals surface area contributed by atoms with Crippen LogP contribution in [-0.4, -0.2) is 19.3 Å². The second kappa shape index (κ2) is 3.97. The van der Waals surface area contributed by atoms with Gasteiger partial charge in [-0.1, -0.05) is 12.8 Å². The van der Waals surface area contributed by atoms with Gasteiger partial charge in [-0.15, -0.1) is 0 Å². The van der Waals surface area contributed by atoms with E-state index in [0.29, 0.717) is 12.1 Å². The summed E-state index contributed by atoms with van der Waals surface area (Å²) in [6.45, 7) is 0. The van der Waals surface area contributed by atoms with Crippen molar-refractivity contribution in [2.45, 2.75) is 50.7 Å². The monoisotopic (exact) mass is 183 g/mol. The van der Waals surface area contributed by atoms with Gasteiger partial charge in [-0.25, -0.2) is 0 Å². The molecule has 2 fully saturated rings. The molecule has 0 spiro atoms. The molecule has 4 unspecified atom stereocenters. The molecule has 2 saturated carbocycles. The first-order valence-electron chi connectivity index (χ1n) is 5.61. The van der Waals surface area contributed by atoms with Gasteiger partial charge in [-0.2, -0.15) is 0 Å². The molecule has 2 rings (SSSR count). The first kappa shape index (κ1) is 9.47. The number of hydrogen-bond acceptors (Lipinski definition) is 2. The van der Waals surface area contributed by atoms with Gasteiger partial charge in [-0.05, 0) is 37.5 Å². The maximum Gasteiger partial charge on any atom is 0.0602 e. The highest BCUT2D eigenvalue weighted by Crippen LogP contribution is 2.40. The average molecular weight is 183 g/mol. The van der Waals surface area contributed by atoms with Crippen LogP contribution < -0.4 is 5.73 Å². The minimum absolute atomic E-state index is 0.459. The van der Waals surface area contributed by atoms with E-state index in [-0.39, 0.29) is 0 Å². The standard InChI is InChI=1S/C11H21NO/c1-13-11-7-3-5-9(11)8-4-2-6-10(8)12/h8-11H,2-7,12H2,1H3. The lowest BCUT2D eigenvalue weighted by Crippen LogP contribution is -2.34. The van der Waals surface area contributed by atoms with Crippen LogP contribution in [0.15, 0.2) is 0 Å². The lowest BCUT2D eigenvalue weighted by Gasteiger charge is -2.27. The van der Waals surface area contributed by atoms with Crippen LogP contribution in [0.1, 0.15) is 38.5 Å². The van der Waals surface area contributed by atoms with Gasteiger partial charge in [-0.3, -0.25) is 0 Å². The van der Waals surface area contributed by atoms with Crippen LogP contribution in [0.3, 0.4) is 0 Å². The van der Waals surface area contributed by atoms with Crippen LogP contribution in [0.25, 0.3) is 0 Å². The Morgan fingerprint density at radius 3 is 2.31 bits per heavy atom. The normalized spacial score (nSPS) is 45.7. The van der Waals surface area contributed by atoms with Crippen LogP contribution in [0.2, 0.25) is 0 Å². The molecule has 0 saturated heterocycles. The third-order valence-electron chi connectivity index (χ3n) is 3.98. The van der Waals surface area contributed by atoms with Crippen molar-refractivity contribution in [1.29, 1.82) is 0 Å². The van der Waals surface area contributed by atoms with E-state index in [1.807, 2.05) is 7.11 Å². The summed E-state index contributed by atoms with van der Waals surface area (Å²) in [4.78, 5) is 0. The van der Waals surface area contributed by atoms with E-state index >= 15 is 0 Å². The second-order valence-corrected chi connectivity index (χ2v) is 4.63. The summed E-state index contributed by atoms with van der Waals surface area (Å²) in [6.07, 6.45) is 8.35. The highest BCUT2D eigenvalue weighted by atomic mass is 16.5. The lowest BCUT2D eigenvalue weighted by molar-refractivity contribution is 0.0454. The maximum atomic E-state index is 6.12. The van der Waals surface area contributed by atoms with E-state index in [4.69, 9.17) is 10.5 Å². The molecule has 2 N–H and O–H groups in total. The molecule has 76 valence electrons. The highest BCUT2D eigenvalue weighted by Gasteiger charge is 2.38. The third kappa shape index (κ3) is 1.75. The molecule has 4 atom stereocenters. The summed E-state index contributed by atoms with van der Waals surface area (Å²) in [5.74, 6) is 1.52. The molecule has 2 aliphatic rings. The molecule has 13 heavy (non-hydrogen) atoms. The number of ether oxygens (including phenoxy) is 1. The fourth-order valence-electron chi connectivity index (χ4n) is 3.29. The Kier molecular flexibility index (Phi) is 2.89. The van der Waals surface area contributed by atoms with Gasteiger partial charge in [0.05, 0.1) is 6.10 Å². The van der Waals surface area contributed by atoms with Crippen LogP contribution in [0, 0.1) is 11.8 Å². The molecule has 0 aromatic rings. The van der Waals surface area contributed by atoms with Crippen molar-refractivity contribution in [3.63, 3.8) is 0 Å². The summed E-state index contributed by atoms with van der Waals surface area (Å²) >= 11 is 0. The van der Waals surface area contributed by atoms with Crippen molar-refractivity contribution in [2.75, 3.05) is 7.11 Å². The summed E-state index contributed by atoms with van der Waals surface area (Å²) in [5.41, 5.74) is 6.12. The molecule has 0 bridgehead atoms. The first-order valence-corrected chi connectivity index (χ1v) is 5.61. The Bertz CT molecular complexity index is 171. The van der Waals surface area contributed by atoms with E-state index in [9.17, 15) is 0 Å². The number of hydrogen-bond donors (Lipinski definition) is 1. The summed E-state index contributed by atoms with van der Waals surface area (Å²) < 4.78 is 5.53. The van der Waals surface area contributed by atoms with Crippen LogP contribution in [0.4, 0.5) is 0 Å². The number of methoxy groups -OCH3 is 1. The SMILES string of the molecule is COC1CCCC1C1CCCC1N. The Labute approximate surface area is 80.8 Å². The fraction of sp³-hybridized carbons (Fsp3) is 1.00. The lowest BCUT2D eigenvalue weighted by atomic mass is 9.85. The minimum Gasteiger partial charge on any atom is -0.381 e. The number of rotatable bonds is 2. The predicted molar refractivity (Wildman–Crippen MR) is 53.5 cm³/mol. The Hall–Kier alpha value is -0.0800. The second-order valence-electron chi connectivity index (χ2n) is 4.63. The van der Waals surface area contributed by atoms with Gasteiger partial charge >= 0.3 is 0 Å². The van der Waals surface area contributed by atoms with Crippen molar-refractivity contribution in [3.8, 4) is 0 Å². The van der Waals surface area contributed by atoms with E-state index < -0.39 is 0 Å². The van der Waals surface area contributed by atoms with Crippen molar-refractivity contribution in [1.82, 2.24) is 0 Å². The molecular weight excluding hydrogens is 162 g/mol. The van der Waals surface area contributed by atoms with Crippen LogP contribution in [0.5, 0.6) is 0 Å². The Morgan fingerprint density at radius 2 is 1.69 bits per heavy atom. The predicted octanol–water partition coefficient (Wildman–Crippen LogP) is 1.93. The topological polar surface area (TPSA) is 35.2 Å². The zero-order valence-electron chi connectivity index (χ0n) is 8.54. The summed E-state index contributed by atoms with van der Waals surface area (Å²) in [6, 6.07) is 0.459. The smallest absolute Gasteiger partial charge is 0.0602 e. The minimum atomic E-state index is 0.459. The van der Waals surface area contributed by atoms with Crippen LogP contribution in [-0.2, 0) is 4.74 Å². The molecule has 0 aromatic heterocycles. The van der Waals surface area contributed by atoms with E-state index in [1.54, 1.807) is 0 Å². The van der Waals surface area contributed by atoms with Gasteiger partial charge in [0, 0.05) is 13.2 Å². The van der Waals surface area contributed by atoms with Gasteiger partial charge < -0.3 is 10.5 Å². The molecule has 0 radical (unpaired) electrons. The van der Waals surface area contributed by atoms with Crippen molar-refractivity contribution in [3.05, 3.63) is 0 Å². The Balaban J connectivity index is 1.98. The van der Waals surface area contributed by atoms with E-state index in [1.165, 1.54) is 38.5 Å². The highest BCUT2D eigenvalue weighted by molar-refractivity contribution is 4.91. The van der Waals surface area contributed by atoms with E-state index in [0.717, 1.165) is 11.8 Å². The fourth-order valence-corrected chi connectivity index (χ4v) is 3.29. The Morgan fingerprint density at radius 1 is 1.00 bits per heavy atom. The van der Waals surface area contributed by atoms with Gasteiger partial charge in [0.2, 0.25) is 0 Å².